The average Bonchev–Trinajstić information content (AvgIpc) is 3.33. The number of carbonyl (C=O) groups is 3. The van der Waals surface area contributed by atoms with Gasteiger partial charge in [0.1, 0.15) is 23.6 Å². The predicted molar refractivity (Wildman–Crippen MR) is 115 cm³/mol. The molecule has 0 saturated carbocycles. The van der Waals surface area contributed by atoms with Gasteiger partial charge in [0, 0.05) is 10.6 Å². The molecule has 2 aromatic carbocycles. The first-order chi connectivity index (χ1) is 14.9. The number of hydrogen-bond donors (Lipinski definition) is 2. The van der Waals surface area contributed by atoms with Crippen LogP contribution in [0.25, 0.3) is 11.3 Å². The fourth-order valence-electron chi connectivity index (χ4n) is 3.44. The SMILES string of the molecule is C[C@@]1(c2ccccc2)NC(=O)N(CC(=O)NCc2ccc(-c3ccc(Cl)cc3)o2)C1=O. The number of halogens is 1. The molecule has 4 rings (SSSR count). The molecule has 1 aliphatic rings. The Kier molecular flexibility index (Phi) is 5.52. The Labute approximate surface area is 184 Å². The Balaban J connectivity index is 1.37. The number of urea groups is 1. The van der Waals surface area contributed by atoms with Crippen LogP contribution in [0.2, 0.25) is 5.02 Å². The van der Waals surface area contributed by atoms with Crippen molar-refractivity contribution in [1.82, 2.24) is 15.5 Å². The highest BCUT2D eigenvalue weighted by molar-refractivity contribution is 6.30. The van der Waals surface area contributed by atoms with Gasteiger partial charge >= 0.3 is 6.03 Å². The lowest BCUT2D eigenvalue weighted by atomic mass is 9.92. The second-order valence-corrected chi connectivity index (χ2v) is 7.80. The van der Waals surface area contributed by atoms with Crippen LogP contribution in [0.4, 0.5) is 4.79 Å². The maximum Gasteiger partial charge on any atom is 0.325 e. The lowest BCUT2D eigenvalue weighted by molar-refractivity contribution is -0.134. The van der Waals surface area contributed by atoms with Crippen molar-refractivity contribution in [3.05, 3.63) is 83.1 Å². The number of furan rings is 1. The van der Waals surface area contributed by atoms with Gasteiger partial charge in [-0.25, -0.2) is 4.79 Å². The third-order valence-electron chi connectivity index (χ3n) is 5.18. The molecule has 1 atom stereocenters. The minimum absolute atomic E-state index is 0.131. The van der Waals surface area contributed by atoms with Crippen LogP contribution in [0, 0.1) is 0 Å². The Morgan fingerprint density at radius 2 is 1.77 bits per heavy atom. The van der Waals surface area contributed by atoms with Crippen LogP contribution < -0.4 is 10.6 Å². The number of carbonyl (C=O) groups excluding carboxylic acids is 3. The first-order valence-corrected chi connectivity index (χ1v) is 10.1. The summed E-state index contributed by atoms with van der Waals surface area (Å²) in [5.41, 5.74) is 0.315. The van der Waals surface area contributed by atoms with Crippen LogP contribution in [-0.2, 0) is 21.7 Å². The highest BCUT2D eigenvalue weighted by atomic mass is 35.5. The molecule has 1 aromatic heterocycles. The lowest BCUT2D eigenvalue weighted by Gasteiger charge is -2.22. The van der Waals surface area contributed by atoms with Gasteiger partial charge in [-0.1, -0.05) is 41.9 Å². The Morgan fingerprint density at radius 3 is 2.48 bits per heavy atom. The van der Waals surface area contributed by atoms with Crippen molar-refractivity contribution < 1.29 is 18.8 Å². The molecule has 0 spiro atoms. The summed E-state index contributed by atoms with van der Waals surface area (Å²) < 4.78 is 5.75. The van der Waals surface area contributed by atoms with E-state index in [9.17, 15) is 14.4 Å². The Bertz CT molecular complexity index is 1130. The summed E-state index contributed by atoms with van der Waals surface area (Å²) in [6.07, 6.45) is 0. The van der Waals surface area contributed by atoms with Crippen molar-refractivity contribution >= 4 is 29.4 Å². The molecule has 2 heterocycles. The average molecular weight is 438 g/mol. The molecular formula is C23H20ClN3O4. The molecule has 0 unspecified atom stereocenters. The number of imide groups is 1. The molecular weight excluding hydrogens is 418 g/mol. The predicted octanol–water partition coefficient (Wildman–Crippen LogP) is 3.68. The van der Waals surface area contributed by atoms with Gasteiger partial charge in [-0.05, 0) is 48.9 Å². The number of nitrogens with zero attached hydrogens (tertiary/aromatic N) is 1. The van der Waals surface area contributed by atoms with E-state index in [-0.39, 0.29) is 13.1 Å². The molecule has 7 nitrogen and oxygen atoms in total. The fourth-order valence-corrected chi connectivity index (χ4v) is 3.56. The molecule has 0 bridgehead atoms. The highest BCUT2D eigenvalue weighted by Crippen LogP contribution is 2.28. The van der Waals surface area contributed by atoms with Crippen molar-refractivity contribution in [3.63, 3.8) is 0 Å². The second-order valence-electron chi connectivity index (χ2n) is 7.36. The van der Waals surface area contributed by atoms with E-state index in [1.54, 1.807) is 55.5 Å². The summed E-state index contributed by atoms with van der Waals surface area (Å²) in [6, 6.07) is 19.1. The number of hydrogen-bond acceptors (Lipinski definition) is 4. The van der Waals surface area contributed by atoms with Gasteiger partial charge in [-0.15, -0.1) is 0 Å². The second kappa shape index (κ2) is 8.28. The van der Waals surface area contributed by atoms with Crippen molar-refractivity contribution in [3.8, 4) is 11.3 Å². The van der Waals surface area contributed by atoms with E-state index in [0.717, 1.165) is 10.5 Å². The van der Waals surface area contributed by atoms with Crippen LogP contribution in [0.15, 0.2) is 71.1 Å². The van der Waals surface area contributed by atoms with Crippen LogP contribution in [0.3, 0.4) is 0 Å². The smallest absolute Gasteiger partial charge is 0.325 e. The third kappa shape index (κ3) is 4.18. The highest BCUT2D eigenvalue weighted by Gasteiger charge is 2.49. The van der Waals surface area contributed by atoms with Crippen LogP contribution in [0.1, 0.15) is 18.2 Å². The Hall–Kier alpha value is -3.58. The standard InChI is InChI=1S/C23H20ClN3O4/c1-23(16-5-3-2-4-6-16)21(29)27(22(30)26-23)14-20(28)25-13-18-11-12-19(31-18)15-7-9-17(24)10-8-15/h2-12H,13-14H2,1H3,(H,25,28)(H,26,30)/t23-/m0/s1. The number of rotatable bonds is 6. The van der Waals surface area contributed by atoms with Gasteiger partial charge in [0.25, 0.3) is 5.91 Å². The summed E-state index contributed by atoms with van der Waals surface area (Å²) in [7, 11) is 0. The summed E-state index contributed by atoms with van der Waals surface area (Å²) in [6.45, 7) is 1.38. The molecule has 8 heteroatoms. The van der Waals surface area contributed by atoms with Gasteiger partial charge in [0.15, 0.2) is 0 Å². The molecule has 1 aliphatic heterocycles. The van der Waals surface area contributed by atoms with E-state index < -0.39 is 23.4 Å². The third-order valence-corrected chi connectivity index (χ3v) is 5.43. The molecule has 1 saturated heterocycles. The normalized spacial score (nSPS) is 18.2. The monoisotopic (exact) mass is 437 g/mol. The summed E-state index contributed by atoms with van der Waals surface area (Å²) in [5, 5.41) is 5.99. The minimum Gasteiger partial charge on any atom is -0.459 e. The minimum atomic E-state index is -1.20. The molecule has 3 aromatic rings. The summed E-state index contributed by atoms with van der Waals surface area (Å²) >= 11 is 5.90. The van der Waals surface area contributed by atoms with Gasteiger partial charge in [0.2, 0.25) is 5.91 Å². The molecule has 31 heavy (non-hydrogen) atoms. The van der Waals surface area contributed by atoms with Crippen molar-refractivity contribution in [2.45, 2.75) is 19.0 Å². The summed E-state index contributed by atoms with van der Waals surface area (Å²) in [4.78, 5) is 38.5. The van der Waals surface area contributed by atoms with E-state index in [0.29, 0.717) is 22.1 Å². The van der Waals surface area contributed by atoms with E-state index in [2.05, 4.69) is 10.6 Å². The number of nitrogens with one attached hydrogen (secondary N) is 2. The zero-order valence-corrected chi connectivity index (χ0v) is 17.5. The maximum absolute atomic E-state index is 12.9. The van der Waals surface area contributed by atoms with Crippen LogP contribution in [0.5, 0.6) is 0 Å². The van der Waals surface area contributed by atoms with Gasteiger partial charge in [0.05, 0.1) is 6.54 Å². The molecule has 2 N–H and O–H groups in total. The topological polar surface area (TPSA) is 91.7 Å². The zero-order chi connectivity index (χ0) is 22.0. The zero-order valence-electron chi connectivity index (χ0n) is 16.7. The lowest BCUT2D eigenvalue weighted by Crippen LogP contribution is -2.43. The summed E-state index contributed by atoms with van der Waals surface area (Å²) in [5.74, 6) is 0.255. The van der Waals surface area contributed by atoms with Gasteiger partial charge in [-0.2, -0.15) is 0 Å². The fraction of sp³-hybridized carbons (Fsp3) is 0.174. The van der Waals surface area contributed by atoms with Crippen molar-refractivity contribution in [2.24, 2.45) is 0 Å². The molecule has 4 amide bonds. The number of benzene rings is 2. The molecule has 0 aliphatic carbocycles. The molecule has 0 radical (unpaired) electrons. The van der Waals surface area contributed by atoms with Crippen molar-refractivity contribution in [1.29, 1.82) is 0 Å². The maximum atomic E-state index is 12.9. The quantitative estimate of drug-likeness (QED) is 0.575. The van der Waals surface area contributed by atoms with Gasteiger partial charge in [-0.3, -0.25) is 14.5 Å². The largest absolute Gasteiger partial charge is 0.459 e. The van der Waals surface area contributed by atoms with E-state index in [1.807, 2.05) is 18.2 Å². The van der Waals surface area contributed by atoms with E-state index in [4.69, 9.17) is 16.0 Å². The van der Waals surface area contributed by atoms with E-state index >= 15 is 0 Å². The number of amides is 4. The Morgan fingerprint density at radius 1 is 1.06 bits per heavy atom. The molecule has 158 valence electrons. The first kappa shape index (κ1) is 20.7. The van der Waals surface area contributed by atoms with E-state index in [1.165, 1.54) is 0 Å². The van der Waals surface area contributed by atoms with Crippen molar-refractivity contribution in [2.75, 3.05) is 6.54 Å². The molecule has 1 fully saturated rings. The van der Waals surface area contributed by atoms with Crippen LogP contribution in [-0.4, -0.2) is 29.3 Å². The van der Waals surface area contributed by atoms with Crippen LogP contribution >= 0.6 is 11.6 Å². The first-order valence-electron chi connectivity index (χ1n) is 9.68. The van der Waals surface area contributed by atoms with Gasteiger partial charge < -0.3 is 15.1 Å².